The van der Waals surface area contributed by atoms with Crippen molar-refractivity contribution < 1.29 is 17.3 Å². The lowest BCUT2D eigenvalue weighted by atomic mass is 10.1. The zero-order chi connectivity index (χ0) is 19.6. The predicted octanol–water partition coefficient (Wildman–Crippen LogP) is 4.45. The summed E-state index contributed by atoms with van der Waals surface area (Å²) in [7, 11) is -3.81. The molecule has 0 saturated carbocycles. The molecule has 0 aliphatic carbocycles. The van der Waals surface area contributed by atoms with Crippen molar-refractivity contribution in [1.29, 1.82) is 0 Å². The van der Waals surface area contributed by atoms with E-state index in [1.807, 2.05) is 55.5 Å². The van der Waals surface area contributed by atoms with Gasteiger partial charge in [0.05, 0.1) is 10.6 Å². The SMILES string of the molecule is Cc1ccc(S(=O)(=O)OCC2Cc3cccc(Nc4ccccc4)c3O2)cc1. The second-order valence-corrected chi connectivity index (χ2v) is 8.40. The molecule has 28 heavy (non-hydrogen) atoms. The monoisotopic (exact) mass is 395 g/mol. The summed E-state index contributed by atoms with van der Waals surface area (Å²) >= 11 is 0. The zero-order valence-electron chi connectivity index (χ0n) is 15.5. The van der Waals surface area contributed by atoms with E-state index >= 15 is 0 Å². The third kappa shape index (κ3) is 4.03. The lowest BCUT2D eigenvalue weighted by Gasteiger charge is -2.14. The molecule has 5 nitrogen and oxygen atoms in total. The Bertz CT molecular complexity index is 1060. The fourth-order valence-corrected chi connectivity index (χ4v) is 4.08. The molecule has 1 unspecified atom stereocenters. The van der Waals surface area contributed by atoms with Gasteiger partial charge in [0.2, 0.25) is 0 Å². The van der Waals surface area contributed by atoms with Crippen LogP contribution in [0.3, 0.4) is 0 Å². The Morgan fingerprint density at radius 2 is 1.75 bits per heavy atom. The lowest BCUT2D eigenvalue weighted by Crippen LogP contribution is -2.23. The molecule has 1 atom stereocenters. The third-order valence-corrected chi connectivity index (χ3v) is 5.90. The number of hydrogen-bond donors (Lipinski definition) is 1. The van der Waals surface area contributed by atoms with Crippen LogP contribution in [0.5, 0.6) is 5.75 Å². The minimum absolute atomic E-state index is 0.0321. The van der Waals surface area contributed by atoms with Crippen LogP contribution in [0, 0.1) is 6.92 Å². The number of benzene rings is 3. The molecule has 1 aliphatic heterocycles. The largest absolute Gasteiger partial charge is 0.485 e. The van der Waals surface area contributed by atoms with Gasteiger partial charge >= 0.3 is 0 Å². The molecule has 0 saturated heterocycles. The van der Waals surface area contributed by atoms with Crippen molar-refractivity contribution in [3.8, 4) is 5.75 Å². The molecule has 6 heteroatoms. The molecule has 4 rings (SSSR count). The molecule has 0 amide bonds. The summed E-state index contributed by atoms with van der Waals surface area (Å²) < 4.78 is 36.0. The van der Waals surface area contributed by atoms with Gasteiger partial charge in [0.1, 0.15) is 18.5 Å². The molecule has 3 aromatic rings. The van der Waals surface area contributed by atoms with Crippen LogP contribution in [0.2, 0.25) is 0 Å². The molecule has 0 fully saturated rings. The minimum Gasteiger partial charge on any atom is -0.485 e. The van der Waals surface area contributed by atoms with Gasteiger partial charge in [0, 0.05) is 17.7 Å². The van der Waals surface area contributed by atoms with Gasteiger partial charge in [-0.25, -0.2) is 0 Å². The molecule has 0 radical (unpaired) electrons. The van der Waals surface area contributed by atoms with Crippen LogP contribution in [0.4, 0.5) is 11.4 Å². The number of aryl methyl sites for hydroxylation is 1. The quantitative estimate of drug-likeness (QED) is 0.625. The number of nitrogens with one attached hydrogen (secondary N) is 1. The van der Waals surface area contributed by atoms with Crippen molar-refractivity contribution in [2.75, 3.05) is 11.9 Å². The number of rotatable bonds is 6. The van der Waals surface area contributed by atoms with Crippen molar-refractivity contribution >= 4 is 21.5 Å². The summed E-state index contributed by atoms with van der Waals surface area (Å²) in [6, 6.07) is 22.3. The van der Waals surface area contributed by atoms with E-state index in [0.717, 1.165) is 28.3 Å². The fourth-order valence-electron chi connectivity index (χ4n) is 3.15. The van der Waals surface area contributed by atoms with Crippen LogP contribution >= 0.6 is 0 Å². The molecule has 1 heterocycles. The Kier molecular flexibility index (Phi) is 5.07. The highest BCUT2D eigenvalue weighted by molar-refractivity contribution is 7.86. The Morgan fingerprint density at radius 1 is 1.00 bits per heavy atom. The molecular formula is C22H21NO4S. The first kappa shape index (κ1) is 18.5. The average molecular weight is 395 g/mol. The van der Waals surface area contributed by atoms with Crippen molar-refractivity contribution in [3.63, 3.8) is 0 Å². The van der Waals surface area contributed by atoms with Crippen molar-refractivity contribution in [2.45, 2.75) is 24.3 Å². The summed E-state index contributed by atoms with van der Waals surface area (Å²) in [5, 5.41) is 3.34. The van der Waals surface area contributed by atoms with Crippen LogP contribution in [0.1, 0.15) is 11.1 Å². The van der Waals surface area contributed by atoms with Gasteiger partial charge in [-0.15, -0.1) is 0 Å². The van der Waals surface area contributed by atoms with Gasteiger partial charge in [-0.2, -0.15) is 8.42 Å². The van der Waals surface area contributed by atoms with Gasteiger partial charge in [0.15, 0.2) is 0 Å². The Hall–Kier alpha value is -2.83. The van der Waals surface area contributed by atoms with Gasteiger partial charge < -0.3 is 10.1 Å². The van der Waals surface area contributed by atoms with Crippen LogP contribution in [0.15, 0.2) is 77.7 Å². The summed E-state index contributed by atoms with van der Waals surface area (Å²) in [5.41, 5.74) is 3.84. The molecule has 1 N–H and O–H groups in total. The normalized spacial score (nSPS) is 15.7. The van der Waals surface area contributed by atoms with E-state index in [1.165, 1.54) is 0 Å². The topological polar surface area (TPSA) is 64.6 Å². The summed E-state index contributed by atoms with van der Waals surface area (Å²) in [5.74, 6) is 0.743. The fraction of sp³-hybridized carbons (Fsp3) is 0.182. The van der Waals surface area contributed by atoms with Gasteiger partial charge in [-0.3, -0.25) is 4.18 Å². The Labute approximate surface area is 165 Å². The number of fused-ring (bicyclic) bond motifs is 1. The van der Waals surface area contributed by atoms with Crippen LogP contribution in [0.25, 0.3) is 0 Å². The molecule has 0 aromatic heterocycles. The van der Waals surface area contributed by atoms with Crippen molar-refractivity contribution in [2.24, 2.45) is 0 Å². The number of hydrogen-bond acceptors (Lipinski definition) is 5. The van der Waals surface area contributed by atoms with Crippen molar-refractivity contribution in [1.82, 2.24) is 0 Å². The Balaban J connectivity index is 1.44. The lowest BCUT2D eigenvalue weighted by molar-refractivity contribution is 0.153. The molecule has 144 valence electrons. The van der Waals surface area contributed by atoms with Crippen LogP contribution in [-0.2, 0) is 20.7 Å². The van der Waals surface area contributed by atoms with E-state index in [4.69, 9.17) is 8.92 Å². The highest BCUT2D eigenvalue weighted by Crippen LogP contribution is 2.37. The smallest absolute Gasteiger partial charge is 0.297 e. The minimum atomic E-state index is -3.81. The first-order valence-electron chi connectivity index (χ1n) is 9.08. The van der Waals surface area contributed by atoms with E-state index in [0.29, 0.717) is 6.42 Å². The van der Waals surface area contributed by atoms with Gasteiger partial charge in [0.25, 0.3) is 10.1 Å². The van der Waals surface area contributed by atoms with E-state index in [-0.39, 0.29) is 17.6 Å². The number of ether oxygens (including phenoxy) is 1. The first-order chi connectivity index (χ1) is 13.5. The summed E-state index contributed by atoms with van der Waals surface area (Å²) in [6.45, 7) is 1.87. The van der Waals surface area contributed by atoms with E-state index < -0.39 is 10.1 Å². The highest BCUT2D eigenvalue weighted by atomic mass is 32.2. The average Bonchev–Trinajstić information content (AvgIpc) is 3.12. The second-order valence-electron chi connectivity index (χ2n) is 6.78. The summed E-state index contributed by atoms with van der Waals surface area (Å²) in [4.78, 5) is 0.153. The molecular weight excluding hydrogens is 374 g/mol. The molecule has 1 aliphatic rings. The highest BCUT2D eigenvalue weighted by Gasteiger charge is 2.28. The van der Waals surface area contributed by atoms with Crippen LogP contribution in [-0.4, -0.2) is 21.1 Å². The first-order valence-corrected chi connectivity index (χ1v) is 10.5. The standard InChI is InChI=1S/C22H21NO4S/c1-16-10-12-20(13-11-16)28(24,25)26-15-19-14-17-6-5-9-21(22(17)27-19)23-18-7-3-2-4-8-18/h2-13,19,23H,14-15H2,1H3. The van der Waals surface area contributed by atoms with Gasteiger partial charge in [-0.1, -0.05) is 48.0 Å². The molecule has 0 spiro atoms. The van der Waals surface area contributed by atoms with E-state index in [9.17, 15) is 8.42 Å². The molecule has 0 bridgehead atoms. The summed E-state index contributed by atoms with van der Waals surface area (Å²) in [6.07, 6.45) is 0.247. The second kappa shape index (κ2) is 7.66. The van der Waals surface area contributed by atoms with Crippen LogP contribution < -0.4 is 10.1 Å². The van der Waals surface area contributed by atoms with Gasteiger partial charge in [-0.05, 0) is 37.3 Å². The van der Waals surface area contributed by atoms with Crippen molar-refractivity contribution in [3.05, 3.63) is 83.9 Å². The predicted molar refractivity (Wildman–Crippen MR) is 109 cm³/mol. The van der Waals surface area contributed by atoms with E-state index in [1.54, 1.807) is 24.3 Å². The maximum atomic E-state index is 12.4. The zero-order valence-corrected chi connectivity index (χ0v) is 16.3. The molecule has 3 aromatic carbocycles. The maximum Gasteiger partial charge on any atom is 0.297 e. The number of para-hydroxylation sites is 2. The third-order valence-electron chi connectivity index (χ3n) is 4.60. The maximum absolute atomic E-state index is 12.4. The van der Waals surface area contributed by atoms with E-state index in [2.05, 4.69) is 5.32 Å². The number of anilines is 2. The Morgan fingerprint density at radius 3 is 2.50 bits per heavy atom.